The second kappa shape index (κ2) is 8.34. The summed E-state index contributed by atoms with van der Waals surface area (Å²) in [7, 11) is 0. The van der Waals surface area contributed by atoms with Gasteiger partial charge in [0.25, 0.3) is 5.91 Å². The molecule has 0 saturated heterocycles. The predicted octanol–water partition coefficient (Wildman–Crippen LogP) is 1.34. The molecule has 10 heteroatoms. The molecule has 32 heavy (non-hydrogen) atoms. The minimum atomic E-state index is -0.789. The van der Waals surface area contributed by atoms with Crippen molar-refractivity contribution in [1.82, 2.24) is 9.78 Å². The number of aromatic nitrogens is 2. The molecule has 0 unspecified atom stereocenters. The van der Waals surface area contributed by atoms with Crippen LogP contribution in [0.2, 0.25) is 0 Å². The van der Waals surface area contributed by atoms with Gasteiger partial charge in [0.1, 0.15) is 11.8 Å². The number of rotatable bonds is 6. The van der Waals surface area contributed by atoms with Gasteiger partial charge in [-0.15, -0.1) is 0 Å². The van der Waals surface area contributed by atoms with Crippen LogP contribution in [0.25, 0.3) is 5.69 Å². The molecule has 1 aliphatic heterocycles. The third kappa shape index (κ3) is 4.06. The first-order valence-corrected chi connectivity index (χ1v) is 9.81. The second-order valence-electron chi connectivity index (χ2n) is 7.36. The number of hydrazone groups is 1. The molecule has 10 nitrogen and oxygen atoms in total. The number of nitrogens with one attached hydrogen (secondary N) is 1. The number of hydrogen-bond donors (Lipinski definition) is 3. The van der Waals surface area contributed by atoms with Crippen LogP contribution in [-0.4, -0.2) is 39.3 Å². The lowest BCUT2D eigenvalue weighted by Crippen LogP contribution is -2.39. The predicted molar refractivity (Wildman–Crippen MR) is 119 cm³/mol. The van der Waals surface area contributed by atoms with Gasteiger partial charge in [0.2, 0.25) is 11.8 Å². The molecule has 2 heterocycles. The Kier molecular flexibility index (Phi) is 5.42. The monoisotopic (exact) mass is 431 g/mol. The summed E-state index contributed by atoms with van der Waals surface area (Å²) in [5.41, 5.74) is 13.7. The molecule has 1 atom stereocenters. The largest absolute Gasteiger partial charge is 0.368 e. The third-order valence-electron chi connectivity index (χ3n) is 5.01. The van der Waals surface area contributed by atoms with Crippen molar-refractivity contribution in [3.8, 4) is 5.69 Å². The van der Waals surface area contributed by atoms with E-state index in [1.165, 1.54) is 11.1 Å². The Hall–Kier alpha value is -4.47. The fraction of sp³-hybridized carbons (Fsp3) is 0.136. The van der Waals surface area contributed by atoms with Crippen LogP contribution in [-0.2, 0) is 9.59 Å². The molecule has 4 rings (SSSR count). The topological polar surface area (TPSA) is 149 Å². The molecule has 2 aromatic carbocycles. The Morgan fingerprint density at radius 1 is 1.09 bits per heavy atom. The molecule has 0 fully saturated rings. The van der Waals surface area contributed by atoms with E-state index in [0.717, 1.165) is 5.56 Å². The third-order valence-corrected chi connectivity index (χ3v) is 5.01. The first kappa shape index (κ1) is 20.8. The number of nitrogens with zero attached hydrogens (tertiary/aromatic N) is 4. The molecular weight excluding hydrogens is 410 g/mol. The van der Waals surface area contributed by atoms with Gasteiger partial charge in [-0.05, 0) is 42.8 Å². The van der Waals surface area contributed by atoms with Gasteiger partial charge in [-0.3, -0.25) is 19.4 Å². The minimum absolute atomic E-state index is 0.0434. The van der Waals surface area contributed by atoms with Crippen molar-refractivity contribution in [1.29, 1.82) is 0 Å². The van der Waals surface area contributed by atoms with E-state index in [1.807, 2.05) is 13.0 Å². The lowest BCUT2D eigenvalue weighted by atomic mass is 10.1. The molecule has 0 bridgehead atoms. The van der Waals surface area contributed by atoms with Crippen molar-refractivity contribution in [3.63, 3.8) is 0 Å². The van der Waals surface area contributed by atoms with E-state index in [2.05, 4.69) is 15.5 Å². The zero-order valence-electron chi connectivity index (χ0n) is 17.2. The number of anilines is 2. The highest BCUT2D eigenvalue weighted by Gasteiger charge is 2.35. The van der Waals surface area contributed by atoms with E-state index in [9.17, 15) is 14.4 Å². The molecular formula is C22H21N7O3. The van der Waals surface area contributed by atoms with Gasteiger partial charge < -0.3 is 16.8 Å². The number of nitrogens with two attached hydrogens (primary N) is 2. The van der Waals surface area contributed by atoms with Crippen molar-refractivity contribution in [2.75, 3.05) is 10.3 Å². The highest BCUT2D eigenvalue weighted by atomic mass is 16.2. The number of amides is 3. The van der Waals surface area contributed by atoms with Gasteiger partial charge in [-0.25, -0.2) is 4.68 Å². The Labute approximate surface area is 183 Å². The fourth-order valence-corrected chi connectivity index (χ4v) is 3.42. The van der Waals surface area contributed by atoms with Gasteiger partial charge >= 0.3 is 0 Å². The van der Waals surface area contributed by atoms with Gasteiger partial charge in [0.05, 0.1) is 23.3 Å². The summed E-state index contributed by atoms with van der Waals surface area (Å²) in [6.07, 6.45) is 3.49. The molecule has 3 aromatic rings. The highest BCUT2D eigenvalue weighted by Crippen LogP contribution is 2.26. The quantitative estimate of drug-likeness (QED) is 0.538. The number of carbonyl (C=O) groups excluding carboxylic acids is 3. The van der Waals surface area contributed by atoms with Gasteiger partial charge in [-0.2, -0.15) is 10.2 Å². The summed E-state index contributed by atoms with van der Waals surface area (Å²) in [6.45, 7) is 1.88. The number of carbonyl (C=O) groups is 3. The fourth-order valence-electron chi connectivity index (χ4n) is 3.42. The minimum Gasteiger partial charge on any atom is -0.368 e. The van der Waals surface area contributed by atoms with Gasteiger partial charge in [0.15, 0.2) is 0 Å². The van der Waals surface area contributed by atoms with Crippen LogP contribution in [0.1, 0.15) is 22.3 Å². The average Bonchev–Trinajstić information content (AvgIpc) is 3.41. The van der Waals surface area contributed by atoms with Crippen LogP contribution < -0.4 is 21.8 Å². The van der Waals surface area contributed by atoms with Crippen LogP contribution >= 0.6 is 0 Å². The summed E-state index contributed by atoms with van der Waals surface area (Å²) in [6, 6.07) is 12.9. The molecule has 0 radical (unpaired) electrons. The lowest BCUT2D eigenvalue weighted by molar-refractivity contribution is -0.119. The van der Waals surface area contributed by atoms with Crippen LogP contribution in [0.4, 0.5) is 11.4 Å². The van der Waals surface area contributed by atoms with E-state index in [1.54, 1.807) is 53.5 Å². The van der Waals surface area contributed by atoms with Crippen molar-refractivity contribution >= 4 is 34.8 Å². The van der Waals surface area contributed by atoms with Crippen LogP contribution in [0.5, 0.6) is 0 Å². The van der Waals surface area contributed by atoms with E-state index in [4.69, 9.17) is 11.5 Å². The van der Waals surface area contributed by atoms with Crippen LogP contribution in [0.3, 0.4) is 0 Å². The molecule has 0 aliphatic carbocycles. The van der Waals surface area contributed by atoms with Crippen molar-refractivity contribution in [3.05, 3.63) is 72.1 Å². The summed E-state index contributed by atoms with van der Waals surface area (Å²) in [5, 5.41) is 12.8. The smallest absolute Gasteiger partial charge is 0.272 e. The van der Waals surface area contributed by atoms with Crippen LogP contribution in [0, 0.1) is 6.92 Å². The molecule has 0 saturated carbocycles. The average molecular weight is 431 g/mol. The Bertz CT molecular complexity index is 1230. The number of benzene rings is 2. The summed E-state index contributed by atoms with van der Waals surface area (Å²) in [4.78, 5) is 36.7. The maximum absolute atomic E-state index is 13.1. The number of hydrogen-bond acceptors (Lipinski definition) is 6. The van der Waals surface area contributed by atoms with Crippen molar-refractivity contribution in [2.45, 2.75) is 19.4 Å². The Morgan fingerprint density at radius 2 is 1.84 bits per heavy atom. The number of primary amides is 2. The maximum Gasteiger partial charge on any atom is 0.272 e. The SMILES string of the molecule is Cc1cnn(-c2ccc(C(N)=O)cc2NC(=O)C2=NN(c3ccccc3)[C@H](C(N)=O)C2)c1. The molecule has 1 aliphatic rings. The van der Waals surface area contributed by atoms with Gasteiger partial charge in [0, 0.05) is 18.2 Å². The number of para-hydroxylation sites is 1. The molecule has 5 N–H and O–H groups in total. The second-order valence-corrected chi connectivity index (χ2v) is 7.36. The molecule has 1 aromatic heterocycles. The van der Waals surface area contributed by atoms with Crippen LogP contribution in [0.15, 0.2) is 66.0 Å². The van der Waals surface area contributed by atoms with E-state index >= 15 is 0 Å². The van der Waals surface area contributed by atoms with Crippen molar-refractivity contribution < 1.29 is 14.4 Å². The standard InChI is InChI=1S/C22H21N7O3/c1-13-11-25-28(12-13)18-8-7-14(20(23)30)9-16(18)26-22(32)17-10-19(21(24)31)29(27-17)15-5-3-2-4-6-15/h2-9,11-12,19H,10H2,1H3,(H2,23,30)(H2,24,31)(H,26,32)/t19-/m0/s1. The molecule has 162 valence electrons. The van der Waals surface area contributed by atoms with Crippen molar-refractivity contribution in [2.24, 2.45) is 16.6 Å². The summed E-state index contributed by atoms with van der Waals surface area (Å²) in [5.74, 6) is -1.75. The van der Waals surface area contributed by atoms with E-state index in [0.29, 0.717) is 17.1 Å². The maximum atomic E-state index is 13.1. The first-order valence-electron chi connectivity index (χ1n) is 9.81. The summed E-state index contributed by atoms with van der Waals surface area (Å²) < 4.78 is 1.58. The normalized spacial score (nSPS) is 15.3. The number of aryl methyl sites for hydroxylation is 1. The first-order chi connectivity index (χ1) is 15.3. The molecule has 0 spiro atoms. The van der Waals surface area contributed by atoms with E-state index < -0.39 is 23.8 Å². The Morgan fingerprint density at radius 3 is 2.47 bits per heavy atom. The Balaban J connectivity index is 1.67. The lowest BCUT2D eigenvalue weighted by Gasteiger charge is -2.20. The molecule has 3 amide bonds. The van der Waals surface area contributed by atoms with Gasteiger partial charge in [-0.1, -0.05) is 18.2 Å². The zero-order valence-corrected chi connectivity index (χ0v) is 17.2. The summed E-state index contributed by atoms with van der Waals surface area (Å²) >= 11 is 0. The zero-order chi connectivity index (χ0) is 22.8. The van der Waals surface area contributed by atoms with E-state index in [-0.39, 0.29) is 17.7 Å². The highest BCUT2D eigenvalue weighted by molar-refractivity contribution is 6.44.